The van der Waals surface area contributed by atoms with Crippen molar-refractivity contribution in [3.63, 3.8) is 0 Å². The van der Waals surface area contributed by atoms with E-state index >= 15 is 0 Å². The van der Waals surface area contributed by atoms with Crippen molar-refractivity contribution in [2.75, 3.05) is 11.9 Å². The minimum Gasteiger partial charge on any atom is -0.390 e. The van der Waals surface area contributed by atoms with Gasteiger partial charge in [-0.2, -0.15) is 8.42 Å². The number of rotatable bonds is 9. The van der Waals surface area contributed by atoms with Gasteiger partial charge < -0.3 is 15.0 Å². The Morgan fingerprint density at radius 3 is 2.91 bits per heavy atom. The highest BCUT2D eigenvalue weighted by atomic mass is 35.5. The molecule has 14 heteroatoms. The topological polar surface area (TPSA) is 162 Å². The number of carbonyl (C=O) groups is 1. The molecule has 4 N–H and O–H groups in total. The summed E-state index contributed by atoms with van der Waals surface area (Å²) >= 11 is 5.92. The van der Waals surface area contributed by atoms with Gasteiger partial charge in [0.05, 0.1) is 36.6 Å². The number of nitrogens with one attached hydrogen (secondary N) is 1. The molecule has 0 amide bonds. The van der Waals surface area contributed by atoms with Gasteiger partial charge in [0.15, 0.2) is 5.78 Å². The van der Waals surface area contributed by atoms with Crippen LogP contribution in [0.5, 0.6) is 0 Å². The van der Waals surface area contributed by atoms with Gasteiger partial charge in [-0.15, -0.1) is 0 Å². The highest BCUT2D eigenvalue weighted by molar-refractivity contribution is 7.84. The summed E-state index contributed by atoms with van der Waals surface area (Å²) in [4.78, 5) is 25.4. The average molecular weight is 525 g/mol. The van der Waals surface area contributed by atoms with E-state index in [0.717, 1.165) is 0 Å². The fourth-order valence-corrected chi connectivity index (χ4v) is 4.47. The number of ketones is 1. The van der Waals surface area contributed by atoms with Crippen molar-refractivity contribution in [1.82, 2.24) is 19.5 Å². The molecule has 0 bridgehead atoms. The fraction of sp³-hybridized carbons (Fsp3) is 0.333. The second kappa shape index (κ2) is 10.3. The van der Waals surface area contributed by atoms with Gasteiger partial charge in [-0.3, -0.25) is 8.98 Å². The molecular formula is C21H22ClFN6O5S. The summed E-state index contributed by atoms with van der Waals surface area (Å²) in [6, 6.07) is 5.94. The third-order valence-corrected chi connectivity index (χ3v) is 6.28. The highest BCUT2D eigenvalue weighted by Crippen LogP contribution is 2.32. The molecular weight excluding hydrogens is 503 g/mol. The van der Waals surface area contributed by atoms with E-state index in [0.29, 0.717) is 23.0 Å². The summed E-state index contributed by atoms with van der Waals surface area (Å²) in [5.41, 5.74) is 1.18. The second-order valence-corrected chi connectivity index (χ2v) is 9.71. The Balaban J connectivity index is 1.47. The Hall–Kier alpha value is -2.97. The lowest BCUT2D eigenvalue weighted by Crippen LogP contribution is -2.33. The third-order valence-electron chi connectivity index (χ3n) is 5.61. The van der Waals surface area contributed by atoms with Crippen LogP contribution in [0.4, 0.5) is 10.2 Å². The van der Waals surface area contributed by atoms with E-state index in [1.165, 1.54) is 12.5 Å². The van der Waals surface area contributed by atoms with Gasteiger partial charge in [0.25, 0.3) is 0 Å². The van der Waals surface area contributed by atoms with E-state index in [1.807, 2.05) is 6.07 Å². The standard InChI is InChI=1S/C21H22ClFN6O5S/c22-17-3-1-2-14(27-17)9-29-5-4-12(8-29)19(30)15-7-25-11-26-21(15)28-16-6-13(20(31)18(16)23)10-34-35(24,32)33/h1-5,7-8,11,13,16,18,20,31H,6,9-10H2,(H2,24,32,33)(H,25,26,28)/t13-,16-,18-,20-/m1/s1. The van der Waals surface area contributed by atoms with Crippen LogP contribution in [0.1, 0.15) is 28.0 Å². The third kappa shape index (κ3) is 6.18. The highest BCUT2D eigenvalue weighted by Gasteiger charge is 2.44. The predicted molar refractivity (Wildman–Crippen MR) is 124 cm³/mol. The SMILES string of the molecule is NS(=O)(=O)OC[C@H]1C[C@@H](Nc2ncncc2C(=O)c2ccn(Cc3cccc(Cl)n3)c2)[C@@H](F)[C@@H]1O. The van der Waals surface area contributed by atoms with Gasteiger partial charge in [0, 0.05) is 30.1 Å². The zero-order chi connectivity index (χ0) is 25.2. The molecule has 1 aliphatic carbocycles. The predicted octanol–water partition coefficient (Wildman–Crippen LogP) is 1.33. The summed E-state index contributed by atoms with van der Waals surface area (Å²) in [7, 11) is -4.23. The molecule has 186 valence electrons. The maximum Gasteiger partial charge on any atom is 0.333 e. The summed E-state index contributed by atoms with van der Waals surface area (Å²) < 4.78 is 43.0. The lowest BCUT2D eigenvalue weighted by Gasteiger charge is -2.18. The molecule has 3 aromatic rings. The lowest BCUT2D eigenvalue weighted by molar-refractivity contribution is 0.0501. The summed E-state index contributed by atoms with van der Waals surface area (Å²) in [5.74, 6) is -1.13. The Kier molecular flexibility index (Phi) is 7.42. The molecule has 0 aliphatic heterocycles. The molecule has 3 aromatic heterocycles. The van der Waals surface area contributed by atoms with Crippen LogP contribution < -0.4 is 10.5 Å². The first kappa shape index (κ1) is 25.1. The van der Waals surface area contributed by atoms with Crippen molar-refractivity contribution in [1.29, 1.82) is 0 Å². The summed E-state index contributed by atoms with van der Waals surface area (Å²) in [6.07, 6.45) is 2.66. The number of pyridine rings is 1. The molecule has 0 radical (unpaired) electrons. The van der Waals surface area contributed by atoms with Gasteiger partial charge in [-0.05, 0) is 24.6 Å². The lowest BCUT2D eigenvalue weighted by atomic mass is 10.1. The number of nitrogens with zero attached hydrogens (tertiary/aromatic N) is 4. The van der Waals surface area contributed by atoms with Gasteiger partial charge in [-0.25, -0.2) is 24.5 Å². The molecule has 0 unspecified atom stereocenters. The van der Waals surface area contributed by atoms with Crippen LogP contribution >= 0.6 is 11.6 Å². The number of hydrogen-bond donors (Lipinski definition) is 3. The quantitative estimate of drug-likeness (QED) is 0.277. The van der Waals surface area contributed by atoms with Crippen LogP contribution in [-0.2, 0) is 21.0 Å². The van der Waals surface area contributed by atoms with Crippen molar-refractivity contribution < 1.29 is 26.9 Å². The molecule has 4 rings (SSSR count). The van der Waals surface area contributed by atoms with Gasteiger partial charge in [0.1, 0.15) is 23.5 Å². The van der Waals surface area contributed by atoms with Crippen molar-refractivity contribution in [2.24, 2.45) is 11.1 Å². The number of aliphatic hydroxyl groups is 1. The number of aliphatic hydroxyl groups excluding tert-OH is 1. The van der Waals surface area contributed by atoms with E-state index in [9.17, 15) is 22.7 Å². The number of carbonyl (C=O) groups excluding carboxylic acids is 1. The summed E-state index contributed by atoms with van der Waals surface area (Å²) in [6.45, 7) is -0.0706. The maximum absolute atomic E-state index is 14.7. The molecule has 35 heavy (non-hydrogen) atoms. The van der Waals surface area contributed by atoms with E-state index in [4.69, 9.17) is 16.7 Å². The van der Waals surface area contributed by atoms with Crippen LogP contribution in [0, 0.1) is 5.92 Å². The number of anilines is 1. The van der Waals surface area contributed by atoms with Crippen molar-refractivity contribution >= 4 is 33.5 Å². The minimum atomic E-state index is -4.23. The normalized spacial score (nSPS) is 22.3. The average Bonchev–Trinajstić information content (AvgIpc) is 3.37. The molecule has 0 aromatic carbocycles. The Morgan fingerprint density at radius 1 is 1.37 bits per heavy atom. The number of hydrogen-bond acceptors (Lipinski definition) is 9. The van der Waals surface area contributed by atoms with Crippen LogP contribution in [-0.4, -0.2) is 63.8 Å². The number of halogens is 2. The Labute approximate surface area is 205 Å². The zero-order valence-corrected chi connectivity index (χ0v) is 19.7. The van der Waals surface area contributed by atoms with E-state index < -0.39 is 46.9 Å². The summed E-state index contributed by atoms with van der Waals surface area (Å²) in [5, 5.41) is 18.2. The first-order valence-corrected chi connectivity index (χ1v) is 12.3. The van der Waals surface area contributed by atoms with Gasteiger partial charge >= 0.3 is 10.3 Å². The van der Waals surface area contributed by atoms with Crippen molar-refractivity contribution in [3.05, 3.63) is 71.2 Å². The number of nitrogens with two attached hydrogens (primary N) is 1. The fourth-order valence-electron chi connectivity index (χ4n) is 3.92. The van der Waals surface area contributed by atoms with E-state index in [-0.39, 0.29) is 17.8 Å². The van der Waals surface area contributed by atoms with Crippen LogP contribution in [0.25, 0.3) is 0 Å². The number of alkyl halides is 1. The first-order chi connectivity index (χ1) is 16.6. The van der Waals surface area contributed by atoms with Crippen LogP contribution in [0.15, 0.2) is 49.2 Å². The van der Waals surface area contributed by atoms with E-state index in [2.05, 4.69) is 24.5 Å². The molecule has 0 spiro atoms. The van der Waals surface area contributed by atoms with E-state index in [1.54, 1.807) is 35.2 Å². The van der Waals surface area contributed by atoms with Crippen molar-refractivity contribution in [2.45, 2.75) is 31.3 Å². The Morgan fingerprint density at radius 2 is 2.17 bits per heavy atom. The van der Waals surface area contributed by atoms with Crippen LogP contribution in [0.2, 0.25) is 5.15 Å². The molecule has 1 saturated carbocycles. The first-order valence-electron chi connectivity index (χ1n) is 10.5. The van der Waals surface area contributed by atoms with Gasteiger partial charge in [-0.1, -0.05) is 17.7 Å². The largest absolute Gasteiger partial charge is 0.390 e. The Bertz CT molecular complexity index is 1320. The minimum absolute atomic E-state index is 0.0263. The maximum atomic E-state index is 14.7. The van der Waals surface area contributed by atoms with Crippen molar-refractivity contribution in [3.8, 4) is 0 Å². The molecule has 4 atom stereocenters. The molecule has 1 aliphatic rings. The molecule has 3 heterocycles. The smallest absolute Gasteiger partial charge is 0.333 e. The van der Waals surface area contributed by atoms with Crippen LogP contribution in [0.3, 0.4) is 0 Å². The van der Waals surface area contributed by atoms with Gasteiger partial charge in [0.2, 0.25) is 0 Å². The number of aromatic nitrogens is 4. The molecule has 1 fully saturated rings. The zero-order valence-electron chi connectivity index (χ0n) is 18.2. The molecule has 0 saturated heterocycles. The monoisotopic (exact) mass is 524 g/mol. The molecule has 11 nitrogen and oxygen atoms in total. The second-order valence-electron chi connectivity index (χ2n) is 8.10.